The number of hydrazone groups is 1. The van der Waals surface area contributed by atoms with Gasteiger partial charge < -0.3 is 32.7 Å². The molecule has 0 saturated carbocycles. The van der Waals surface area contributed by atoms with Crippen LogP contribution in [0.1, 0.15) is 47.1 Å². The Kier molecular flexibility index (Phi) is 12.8. The van der Waals surface area contributed by atoms with Crippen molar-refractivity contribution in [1.29, 1.82) is 0 Å². The second kappa shape index (κ2) is 15.0. The van der Waals surface area contributed by atoms with Crippen LogP contribution < -0.4 is 32.7 Å². The van der Waals surface area contributed by atoms with Gasteiger partial charge in [0, 0.05) is 61.7 Å². The Morgan fingerprint density at radius 1 is 1.00 bits per heavy atom. The molecule has 0 aliphatic rings. The summed E-state index contributed by atoms with van der Waals surface area (Å²) in [7, 11) is 0. The Morgan fingerprint density at radius 2 is 1.61 bits per heavy atom. The topological polar surface area (TPSA) is 139 Å². The van der Waals surface area contributed by atoms with Gasteiger partial charge in [0.1, 0.15) is 19.0 Å². The molecule has 1 aromatic rings. The standard InChI is InChI=1S/C26H45FN8O/c1-25(2,3)32-15-22(29)18-35(19-23(34-30)16-33-26(4,5)6)17-21(28)14-31-13-20-7-9-24(10-8-20)36-12-11-27/h7-10,14-16,31-32H,11-13,17-19,28-30H2,1-6H3/b21-14-,22-15-,33-16?,34-23?. The summed E-state index contributed by atoms with van der Waals surface area (Å²) in [4.78, 5) is 6.55. The first-order valence-corrected chi connectivity index (χ1v) is 12.0. The van der Waals surface area contributed by atoms with Gasteiger partial charge in [0.25, 0.3) is 0 Å². The van der Waals surface area contributed by atoms with Crippen molar-refractivity contribution in [3.8, 4) is 5.75 Å². The molecule has 0 aliphatic carbocycles. The fourth-order valence-corrected chi connectivity index (χ4v) is 2.86. The third-order valence-corrected chi connectivity index (χ3v) is 4.52. The first kappa shape index (κ1) is 30.8. The Morgan fingerprint density at radius 3 is 2.14 bits per heavy atom. The molecular weight excluding hydrogens is 459 g/mol. The molecule has 0 aliphatic heterocycles. The number of alkyl halides is 1. The van der Waals surface area contributed by atoms with Gasteiger partial charge in [0.2, 0.25) is 0 Å². The summed E-state index contributed by atoms with van der Waals surface area (Å²) in [5.74, 6) is 6.28. The van der Waals surface area contributed by atoms with E-state index in [1.165, 1.54) is 0 Å². The molecule has 0 spiro atoms. The van der Waals surface area contributed by atoms with E-state index in [1.54, 1.807) is 12.4 Å². The lowest BCUT2D eigenvalue weighted by Crippen LogP contribution is -2.39. The van der Waals surface area contributed by atoms with Crippen LogP contribution in [0.2, 0.25) is 0 Å². The van der Waals surface area contributed by atoms with Crippen LogP contribution in [-0.2, 0) is 6.54 Å². The van der Waals surface area contributed by atoms with Gasteiger partial charge in [-0.15, -0.1) is 0 Å². The van der Waals surface area contributed by atoms with Gasteiger partial charge in [-0.2, -0.15) is 5.10 Å². The number of aliphatic imine (C=N–C) groups is 1. The average molecular weight is 505 g/mol. The maximum absolute atomic E-state index is 12.2. The monoisotopic (exact) mass is 504 g/mol. The minimum absolute atomic E-state index is 0.0535. The molecule has 9 nitrogen and oxygen atoms in total. The molecule has 0 unspecified atom stereocenters. The molecule has 0 bridgehead atoms. The molecule has 0 fully saturated rings. The van der Waals surface area contributed by atoms with Crippen molar-refractivity contribution in [3.05, 3.63) is 53.6 Å². The number of benzene rings is 1. The van der Waals surface area contributed by atoms with Crippen molar-refractivity contribution in [3.63, 3.8) is 0 Å². The van der Waals surface area contributed by atoms with Gasteiger partial charge >= 0.3 is 0 Å². The highest BCUT2D eigenvalue weighted by molar-refractivity contribution is 6.31. The van der Waals surface area contributed by atoms with E-state index in [4.69, 9.17) is 22.0 Å². The van der Waals surface area contributed by atoms with Gasteiger partial charge in [0.05, 0.1) is 11.3 Å². The lowest BCUT2D eigenvalue weighted by atomic mass is 10.1. The molecule has 8 N–H and O–H groups in total. The van der Waals surface area contributed by atoms with Crippen LogP contribution in [0.15, 0.2) is 58.2 Å². The smallest absolute Gasteiger partial charge is 0.123 e. The minimum Gasteiger partial charge on any atom is -0.491 e. The molecule has 36 heavy (non-hydrogen) atoms. The maximum atomic E-state index is 12.2. The number of halogens is 1. The lowest BCUT2D eigenvalue weighted by Gasteiger charge is -2.24. The first-order valence-electron chi connectivity index (χ1n) is 12.0. The van der Waals surface area contributed by atoms with Crippen LogP contribution in [0, 0.1) is 0 Å². The second-order valence-electron chi connectivity index (χ2n) is 10.6. The number of hydrogen-bond acceptors (Lipinski definition) is 9. The van der Waals surface area contributed by atoms with E-state index >= 15 is 0 Å². The summed E-state index contributed by atoms with van der Waals surface area (Å²) in [6.45, 7) is 13.6. The molecule has 0 aromatic heterocycles. The molecular formula is C26H45FN8O. The van der Waals surface area contributed by atoms with E-state index in [1.807, 2.05) is 56.1 Å². The molecule has 1 aromatic carbocycles. The van der Waals surface area contributed by atoms with E-state index in [0.29, 0.717) is 49.0 Å². The van der Waals surface area contributed by atoms with Gasteiger partial charge in [-0.1, -0.05) is 12.1 Å². The van der Waals surface area contributed by atoms with E-state index < -0.39 is 6.67 Å². The zero-order valence-corrected chi connectivity index (χ0v) is 22.6. The Balaban J connectivity index is 2.84. The molecule has 0 radical (unpaired) electrons. The quantitative estimate of drug-likeness (QED) is 0.149. The third kappa shape index (κ3) is 14.9. The summed E-state index contributed by atoms with van der Waals surface area (Å²) in [6.07, 6.45) is 5.28. The van der Waals surface area contributed by atoms with E-state index in [-0.39, 0.29) is 17.7 Å². The second-order valence-corrected chi connectivity index (χ2v) is 10.6. The molecule has 0 atom stereocenters. The van der Waals surface area contributed by atoms with Crippen molar-refractivity contribution in [2.24, 2.45) is 27.4 Å². The van der Waals surface area contributed by atoms with Crippen molar-refractivity contribution < 1.29 is 9.13 Å². The Hall–Kier alpha value is -3.27. The minimum atomic E-state index is -0.513. The van der Waals surface area contributed by atoms with Gasteiger partial charge in [-0.25, -0.2) is 4.39 Å². The number of nitrogens with two attached hydrogens (primary N) is 3. The fourth-order valence-electron chi connectivity index (χ4n) is 2.86. The van der Waals surface area contributed by atoms with Crippen molar-refractivity contribution >= 4 is 11.9 Å². The molecule has 0 heterocycles. The van der Waals surface area contributed by atoms with E-state index in [9.17, 15) is 4.39 Å². The van der Waals surface area contributed by atoms with Crippen LogP contribution in [0.4, 0.5) is 4.39 Å². The molecule has 1 rings (SSSR count). The lowest BCUT2D eigenvalue weighted by molar-refractivity contribution is 0.273. The SMILES string of the molecule is CC(C)(C)N=CC(CN(C/C(N)=C/NCc1ccc(OCCF)cc1)C/C(N)=C/NC(C)(C)C)=NN. The van der Waals surface area contributed by atoms with E-state index in [2.05, 4.69) is 41.5 Å². The fraction of sp³-hybridized carbons (Fsp3) is 0.538. The average Bonchev–Trinajstić information content (AvgIpc) is 2.78. The van der Waals surface area contributed by atoms with Crippen LogP contribution >= 0.6 is 0 Å². The predicted octanol–water partition coefficient (Wildman–Crippen LogP) is 2.60. The third-order valence-electron chi connectivity index (χ3n) is 4.52. The molecule has 0 amide bonds. The van der Waals surface area contributed by atoms with Crippen LogP contribution in [0.5, 0.6) is 5.75 Å². The van der Waals surface area contributed by atoms with Gasteiger partial charge in [0.15, 0.2) is 0 Å². The summed E-state index contributed by atoms with van der Waals surface area (Å²) < 4.78 is 17.5. The highest BCUT2D eigenvalue weighted by atomic mass is 19.1. The van der Waals surface area contributed by atoms with Gasteiger partial charge in [-0.05, 0) is 59.2 Å². The highest BCUT2D eigenvalue weighted by Gasteiger charge is 2.13. The highest BCUT2D eigenvalue weighted by Crippen LogP contribution is 2.12. The largest absolute Gasteiger partial charge is 0.491 e. The number of hydrogen-bond donors (Lipinski definition) is 5. The Bertz CT molecular complexity index is 896. The Labute approximate surface area is 215 Å². The van der Waals surface area contributed by atoms with E-state index in [0.717, 1.165) is 5.56 Å². The van der Waals surface area contributed by atoms with Crippen LogP contribution in [-0.4, -0.2) is 60.8 Å². The molecule has 0 saturated heterocycles. The number of rotatable bonds is 14. The molecule has 202 valence electrons. The summed E-state index contributed by atoms with van der Waals surface area (Å²) in [5, 5.41) is 10.4. The zero-order valence-electron chi connectivity index (χ0n) is 22.6. The zero-order chi connectivity index (χ0) is 27.2. The first-order chi connectivity index (χ1) is 16.8. The van der Waals surface area contributed by atoms with Crippen molar-refractivity contribution in [2.45, 2.75) is 59.2 Å². The number of nitrogens with one attached hydrogen (secondary N) is 2. The number of nitrogens with zero attached hydrogens (tertiary/aromatic N) is 3. The summed E-state index contributed by atoms with van der Waals surface area (Å²) in [6, 6.07) is 7.47. The van der Waals surface area contributed by atoms with Crippen molar-refractivity contribution in [2.75, 3.05) is 32.9 Å². The van der Waals surface area contributed by atoms with Crippen LogP contribution in [0.3, 0.4) is 0 Å². The predicted molar refractivity (Wildman–Crippen MR) is 148 cm³/mol. The summed E-state index contributed by atoms with van der Waals surface area (Å²) in [5.41, 5.74) is 15.2. The van der Waals surface area contributed by atoms with Crippen LogP contribution in [0.25, 0.3) is 0 Å². The normalized spacial score (nSPS) is 13.9. The maximum Gasteiger partial charge on any atom is 0.123 e. The van der Waals surface area contributed by atoms with Gasteiger partial charge in [-0.3, -0.25) is 9.89 Å². The molecule has 10 heteroatoms. The number of ether oxygens (including phenoxy) is 1. The van der Waals surface area contributed by atoms with Crippen molar-refractivity contribution in [1.82, 2.24) is 15.5 Å². The summed E-state index contributed by atoms with van der Waals surface area (Å²) >= 11 is 0.